The zero-order valence-corrected chi connectivity index (χ0v) is 10.2. The van der Waals surface area contributed by atoms with Crippen molar-refractivity contribution < 1.29 is 0 Å². The Hall–Kier alpha value is -0.830. The first-order valence-electron chi connectivity index (χ1n) is 5.71. The fourth-order valence-electron chi connectivity index (χ4n) is 2.35. The summed E-state index contributed by atoms with van der Waals surface area (Å²) in [6, 6.07) is 0.304. The van der Waals surface area contributed by atoms with E-state index in [1.54, 1.807) is 0 Å². The SMILES string of the molecule is Cc1nc(C(C)(C)C)c2n1CC(N)CC2. The lowest BCUT2D eigenvalue weighted by molar-refractivity contribution is 0.445. The van der Waals surface area contributed by atoms with Gasteiger partial charge in [-0.1, -0.05) is 20.8 Å². The maximum absolute atomic E-state index is 5.99. The summed E-state index contributed by atoms with van der Waals surface area (Å²) in [6.45, 7) is 9.69. The van der Waals surface area contributed by atoms with Gasteiger partial charge in [0.15, 0.2) is 0 Å². The standard InChI is InChI=1S/C12H21N3/c1-8-14-11(12(2,3)4)10-6-5-9(13)7-15(8)10/h9H,5-7,13H2,1-4H3. The normalized spacial score (nSPS) is 21.5. The number of hydrogen-bond acceptors (Lipinski definition) is 2. The van der Waals surface area contributed by atoms with E-state index in [2.05, 4.69) is 32.3 Å². The van der Waals surface area contributed by atoms with E-state index in [1.807, 2.05) is 0 Å². The van der Waals surface area contributed by atoms with Gasteiger partial charge in [0.2, 0.25) is 0 Å². The van der Waals surface area contributed by atoms with Crippen LogP contribution < -0.4 is 5.73 Å². The Morgan fingerprint density at radius 3 is 2.67 bits per heavy atom. The summed E-state index contributed by atoms with van der Waals surface area (Å²) in [5.41, 5.74) is 8.79. The van der Waals surface area contributed by atoms with Crippen LogP contribution in [0.4, 0.5) is 0 Å². The van der Waals surface area contributed by atoms with Gasteiger partial charge in [0.1, 0.15) is 5.82 Å². The summed E-state index contributed by atoms with van der Waals surface area (Å²) in [6.07, 6.45) is 2.17. The van der Waals surface area contributed by atoms with Crippen molar-refractivity contribution >= 4 is 0 Å². The maximum atomic E-state index is 5.99. The Morgan fingerprint density at radius 1 is 1.40 bits per heavy atom. The van der Waals surface area contributed by atoms with E-state index in [9.17, 15) is 0 Å². The molecule has 15 heavy (non-hydrogen) atoms. The molecule has 1 unspecified atom stereocenters. The molecule has 1 aliphatic rings. The number of nitrogens with zero attached hydrogens (tertiary/aromatic N) is 2. The van der Waals surface area contributed by atoms with Crippen molar-refractivity contribution in [3.8, 4) is 0 Å². The summed E-state index contributed by atoms with van der Waals surface area (Å²) >= 11 is 0. The Morgan fingerprint density at radius 2 is 2.07 bits per heavy atom. The van der Waals surface area contributed by atoms with Gasteiger partial charge in [-0.2, -0.15) is 0 Å². The third-order valence-corrected chi connectivity index (χ3v) is 3.14. The van der Waals surface area contributed by atoms with E-state index in [0.29, 0.717) is 6.04 Å². The van der Waals surface area contributed by atoms with Gasteiger partial charge in [0.05, 0.1) is 5.69 Å². The molecular weight excluding hydrogens is 186 g/mol. The quantitative estimate of drug-likeness (QED) is 0.704. The van der Waals surface area contributed by atoms with Crippen LogP contribution in [0.2, 0.25) is 0 Å². The van der Waals surface area contributed by atoms with Gasteiger partial charge in [-0.3, -0.25) is 0 Å². The first kappa shape index (κ1) is 10.7. The second-order valence-corrected chi connectivity index (χ2v) is 5.61. The average molecular weight is 207 g/mol. The molecule has 0 saturated carbocycles. The molecular formula is C12H21N3. The number of aromatic nitrogens is 2. The third kappa shape index (κ3) is 1.81. The first-order valence-corrected chi connectivity index (χ1v) is 5.71. The second-order valence-electron chi connectivity index (χ2n) is 5.61. The number of rotatable bonds is 0. The third-order valence-electron chi connectivity index (χ3n) is 3.14. The molecule has 0 fully saturated rings. The number of hydrogen-bond donors (Lipinski definition) is 1. The molecule has 0 saturated heterocycles. The zero-order chi connectivity index (χ0) is 11.2. The largest absolute Gasteiger partial charge is 0.330 e. The van der Waals surface area contributed by atoms with Crippen LogP contribution in [0.15, 0.2) is 0 Å². The fraction of sp³-hybridized carbons (Fsp3) is 0.750. The van der Waals surface area contributed by atoms with Crippen molar-refractivity contribution in [3.63, 3.8) is 0 Å². The molecule has 2 N–H and O–H groups in total. The van der Waals surface area contributed by atoms with Crippen LogP contribution in [-0.4, -0.2) is 15.6 Å². The molecule has 1 aliphatic heterocycles. The van der Waals surface area contributed by atoms with Gasteiger partial charge in [0, 0.05) is 23.7 Å². The minimum absolute atomic E-state index is 0.146. The smallest absolute Gasteiger partial charge is 0.106 e. The average Bonchev–Trinajstić information content (AvgIpc) is 2.43. The van der Waals surface area contributed by atoms with Gasteiger partial charge in [-0.15, -0.1) is 0 Å². The molecule has 84 valence electrons. The van der Waals surface area contributed by atoms with Crippen LogP contribution in [-0.2, 0) is 18.4 Å². The lowest BCUT2D eigenvalue weighted by Gasteiger charge is -2.25. The topological polar surface area (TPSA) is 43.8 Å². The van der Waals surface area contributed by atoms with Crippen molar-refractivity contribution in [2.24, 2.45) is 5.73 Å². The van der Waals surface area contributed by atoms with Crippen LogP contribution in [0.3, 0.4) is 0 Å². The van der Waals surface area contributed by atoms with Gasteiger partial charge < -0.3 is 10.3 Å². The van der Waals surface area contributed by atoms with E-state index >= 15 is 0 Å². The van der Waals surface area contributed by atoms with E-state index in [-0.39, 0.29) is 5.41 Å². The Balaban J connectivity index is 2.48. The van der Waals surface area contributed by atoms with Crippen molar-refractivity contribution in [2.75, 3.05) is 0 Å². The van der Waals surface area contributed by atoms with Crippen molar-refractivity contribution in [3.05, 3.63) is 17.2 Å². The molecule has 0 radical (unpaired) electrons. The highest BCUT2D eigenvalue weighted by molar-refractivity contribution is 5.25. The molecule has 1 aromatic heterocycles. The summed E-state index contributed by atoms with van der Waals surface area (Å²) < 4.78 is 2.30. The number of aryl methyl sites for hydroxylation is 1. The summed E-state index contributed by atoms with van der Waals surface area (Å²) in [4.78, 5) is 4.71. The van der Waals surface area contributed by atoms with E-state index in [4.69, 9.17) is 10.7 Å². The summed E-state index contributed by atoms with van der Waals surface area (Å²) in [5, 5.41) is 0. The maximum Gasteiger partial charge on any atom is 0.106 e. The molecule has 1 aromatic rings. The van der Waals surface area contributed by atoms with Crippen molar-refractivity contribution in [1.29, 1.82) is 0 Å². The Bertz CT molecular complexity index is 371. The molecule has 0 aromatic carbocycles. The molecule has 3 heteroatoms. The highest BCUT2D eigenvalue weighted by atomic mass is 15.1. The molecule has 2 heterocycles. The molecule has 0 aliphatic carbocycles. The summed E-state index contributed by atoms with van der Waals surface area (Å²) in [7, 11) is 0. The minimum atomic E-state index is 0.146. The minimum Gasteiger partial charge on any atom is -0.330 e. The predicted molar refractivity (Wildman–Crippen MR) is 62.0 cm³/mol. The van der Waals surface area contributed by atoms with Crippen LogP contribution >= 0.6 is 0 Å². The lowest BCUT2D eigenvalue weighted by atomic mass is 9.88. The van der Waals surface area contributed by atoms with E-state index < -0.39 is 0 Å². The lowest BCUT2D eigenvalue weighted by Crippen LogP contribution is -2.33. The van der Waals surface area contributed by atoms with E-state index in [1.165, 1.54) is 11.4 Å². The fourth-order valence-corrected chi connectivity index (χ4v) is 2.35. The van der Waals surface area contributed by atoms with Crippen LogP contribution in [0.5, 0.6) is 0 Å². The molecule has 1 atom stereocenters. The summed E-state index contributed by atoms with van der Waals surface area (Å²) in [5.74, 6) is 1.12. The highest BCUT2D eigenvalue weighted by Crippen LogP contribution is 2.29. The van der Waals surface area contributed by atoms with Crippen LogP contribution in [0.1, 0.15) is 44.4 Å². The Labute approximate surface area is 91.7 Å². The van der Waals surface area contributed by atoms with Gasteiger partial charge in [-0.25, -0.2) is 4.98 Å². The van der Waals surface area contributed by atoms with Gasteiger partial charge in [0.25, 0.3) is 0 Å². The highest BCUT2D eigenvalue weighted by Gasteiger charge is 2.27. The number of nitrogens with two attached hydrogens (primary N) is 1. The van der Waals surface area contributed by atoms with E-state index in [0.717, 1.165) is 25.2 Å². The molecule has 0 spiro atoms. The van der Waals surface area contributed by atoms with Crippen molar-refractivity contribution in [1.82, 2.24) is 9.55 Å². The number of fused-ring (bicyclic) bond motifs is 1. The monoisotopic (exact) mass is 207 g/mol. The predicted octanol–water partition coefficient (Wildman–Crippen LogP) is 1.76. The first-order chi connectivity index (χ1) is 6.89. The van der Waals surface area contributed by atoms with Crippen LogP contribution in [0.25, 0.3) is 0 Å². The molecule has 2 rings (SSSR count). The molecule has 0 amide bonds. The Kier molecular flexibility index (Phi) is 2.38. The van der Waals surface area contributed by atoms with Gasteiger partial charge >= 0.3 is 0 Å². The zero-order valence-electron chi connectivity index (χ0n) is 10.2. The van der Waals surface area contributed by atoms with Crippen LogP contribution in [0, 0.1) is 6.92 Å². The molecule has 3 nitrogen and oxygen atoms in total. The second kappa shape index (κ2) is 3.34. The number of imidazole rings is 1. The van der Waals surface area contributed by atoms with Gasteiger partial charge in [-0.05, 0) is 19.8 Å². The molecule has 0 bridgehead atoms. The van der Waals surface area contributed by atoms with Crippen molar-refractivity contribution in [2.45, 2.75) is 58.5 Å².